The van der Waals surface area contributed by atoms with E-state index in [1.807, 2.05) is 39.0 Å². The van der Waals surface area contributed by atoms with Crippen LogP contribution in [-0.2, 0) is 12.8 Å². The second-order valence-corrected chi connectivity index (χ2v) is 4.58. The Balaban J connectivity index is 3.27. The van der Waals surface area contributed by atoms with Crippen LogP contribution in [0.2, 0.25) is 0 Å². The summed E-state index contributed by atoms with van der Waals surface area (Å²) in [7, 11) is 0. The molecule has 0 atom stereocenters. The number of rotatable bonds is 5. The van der Waals surface area contributed by atoms with E-state index in [1.165, 1.54) is 4.90 Å². The summed E-state index contributed by atoms with van der Waals surface area (Å²) in [6.07, 6.45) is 2.41. The first-order valence-electron chi connectivity index (χ1n) is 7.09. The topological polar surface area (TPSA) is 82.2 Å². The monoisotopic (exact) mass is 276 g/mol. The minimum absolute atomic E-state index is 0.255. The summed E-state index contributed by atoms with van der Waals surface area (Å²) in [4.78, 5) is 13.5. The number of guanidine groups is 1. The number of nitrogens with two attached hydrogens (primary N) is 1. The highest BCUT2D eigenvalue weighted by Gasteiger charge is 2.23. The Bertz CT molecular complexity index is 463. The zero-order valence-corrected chi connectivity index (χ0v) is 12.5. The number of carbonyl (C=O) groups excluding carboxylic acids is 1. The first-order valence-corrected chi connectivity index (χ1v) is 7.09. The molecule has 0 radical (unpaired) electrons. The lowest BCUT2D eigenvalue weighted by atomic mass is 10.0. The number of urea groups is 1. The minimum atomic E-state index is -0.338. The number of hydrogen-bond acceptors (Lipinski definition) is 2. The van der Waals surface area contributed by atoms with Gasteiger partial charge in [-0.25, -0.2) is 9.69 Å². The van der Waals surface area contributed by atoms with Crippen LogP contribution in [0.5, 0.6) is 0 Å². The smallest absolute Gasteiger partial charge is 0.328 e. The summed E-state index contributed by atoms with van der Waals surface area (Å²) in [5.74, 6) is -0.255. The molecule has 0 heterocycles. The molecule has 0 aliphatic heterocycles. The van der Waals surface area contributed by atoms with Crippen molar-refractivity contribution in [2.75, 3.05) is 11.4 Å². The van der Waals surface area contributed by atoms with Crippen LogP contribution in [-0.4, -0.2) is 18.5 Å². The van der Waals surface area contributed by atoms with Crippen molar-refractivity contribution in [1.29, 1.82) is 5.41 Å². The van der Waals surface area contributed by atoms with E-state index in [0.717, 1.165) is 36.1 Å². The molecule has 0 spiro atoms. The van der Waals surface area contributed by atoms with Crippen molar-refractivity contribution < 1.29 is 4.79 Å². The molecule has 0 unspecified atom stereocenters. The fraction of sp³-hybridized carbons (Fsp3) is 0.467. The number of amides is 2. The third-order valence-electron chi connectivity index (χ3n) is 3.16. The fourth-order valence-electron chi connectivity index (χ4n) is 2.14. The zero-order chi connectivity index (χ0) is 15.1. The summed E-state index contributed by atoms with van der Waals surface area (Å²) in [5, 5.41) is 10.5. The van der Waals surface area contributed by atoms with Gasteiger partial charge in [-0.1, -0.05) is 39.0 Å². The number of carbonyl (C=O) groups is 1. The summed E-state index contributed by atoms with van der Waals surface area (Å²) in [6.45, 7) is 6.61. The van der Waals surface area contributed by atoms with E-state index in [0.29, 0.717) is 6.54 Å². The van der Waals surface area contributed by atoms with Crippen LogP contribution in [0.15, 0.2) is 18.2 Å². The summed E-state index contributed by atoms with van der Waals surface area (Å²) in [6, 6.07) is 5.58. The molecule has 0 saturated heterocycles. The van der Waals surface area contributed by atoms with Gasteiger partial charge in [0.15, 0.2) is 0 Å². The molecule has 4 N–H and O–H groups in total. The second kappa shape index (κ2) is 7.53. The number of anilines is 1. The van der Waals surface area contributed by atoms with Gasteiger partial charge in [0, 0.05) is 6.54 Å². The maximum atomic E-state index is 12.3. The predicted octanol–water partition coefficient (Wildman–Crippen LogP) is 2.63. The fourth-order valence-corrected chi connectivity index (χ4v) is 2.14. The van der Waals surface area contributed by atoms with Gasteiger partial charge < -0.3 is 11.1 Å². The first kappa shape index (κ1) is 16.0. The third kappa shape index (κ3) is 3.50. The van der Waals surface area contributed by atoms with Crippen molar-refractivity contribution in [3.8, 4) is 0 Å². The van der Waals surface area contributed by atoms with Gasteiger partial charge in [0.25, 0.3) is 0 Å². The average molecular weight is 276 g/mol. The van der Waals surface area contributed by atoms with Crippen molar-refractivity contribution in [2.45, 2.75) is 40.0 Å². The van der Waals surface area contributed by atoms with Crippen LogP contribution in [0.4, 0.5) is 10.5 Å². The number of nitrogens with zero attached hydrogens (tertiary/aromatic N) is 1. The number of benzene rings is 1. The Hall–Kier alpha value is -2.04. The van der Waals surface area contributed by atoms with Gasteiger partial charge in [0.1, 0.15) is 0 Å². The van der Waals surface area contributed by atoms with Crippen molar-refractivity contribution in [2.24, 2.45) is 5.73 Å². The molecular formula is C15H24N4O. The Morgan fingerprint density at radius 3 is 2.20 bits per heavy atom. The number of hydrogen-bond donors (Lipinski definition) is 3. The maximum Gasteiger partial charge on any atom is 0.328 e. The molecule has 0 fully saturated rings. The lowest BCUT2D eigenvalue weighted by Crippen LogP contribution is -2.48. The van der Waals surface area contributed by atoms with Crippen molar-refractivity contribution >= 4 is 17.7 Å². The molecule has 20 heavy (non-hydrogen) atoms. The molecule has 0 aliphatic rings. The molecule has 0 aromatic heterocycles. The largest absolute Gasteiger partial charge is 0.369 e. The van der Waals surface area contributed by atoms with Crippen LogP contribution in [0, 0.1) is 5.41 Å². The highest BCUT2D eigenvalue weighted by molar-refractivity contribution is 6.14. The van der Waals surface area contributed by atoms with E-state index in [4.69, 9.17) is 11.1 Å². The molecule has 2 amide bonds. The predicted molar refractivity (Wildman–Crippen MR) is 83.3 cm³/mol. The van der Waals surface area contributed by atoms with Crippen LogP contribution in [0.25, 0.3) is 0 Å². The van der Waals surface area contributed by atoms with E-state index in [2.05, 4.69) is 5.32 Å². The molecule has 110 valence electrons. The Labute approximate surface area is 120 Å². The standard InChI is InChI=1S/C15H24N4O/c1-4-10-18-15(20)19(14(16)17)13-11(5-2)8-7-9-12(13)6-3/h7-9H,4-6,10H2,1-3H3,(H3,16,17)(H,18,20). The van der Waals surface area contributed by atoms with Gasteiger partial charge in [-0.05, 0) is 30.4 Å². The second-order valence-electron chi connectivity index (χ2n) is 4.58. The molecule has 5 nitrogen and oxygen atoms in total. The SMILES string of the molecule is CCCNC(=O)N(C(=N)N)c1c(CC)cccc1CC. The first-order chi connectivity index (χ1) is 9.56. The van der Waals surface area contributed by atoms with Gasteiger partial charge in [0.05, 0.1) is 5.69 Å². The quantitative estimate of drug-likeness (QED) is 0.570. The molecule has 1 rings (SSSR count). The Kier molecular flexibility index (Phi) is 6.03. The van der Waals surface area contributed by atoms with E-state index in [-0.39, 0.29) is 12.0 Å². The van der Waals surface area contributed by atoms with Crippen LogP contribution < -0.4 is 16.0 Å². The summed E-state index contributed by atoms with van der Waals surface area (Å²) in [5.41, 5.74) is 8.42. The van der Waals surface area contributed by atoms with Crippen LogP contribution >= 0.6 is 0 Å². The highest BCUT2D eigenvalue weighted by Crippen LogP contribution is 2.27. The van der Waals surface area contributed by atoms with Crippen molar-refractivity contribution in [3.63, 3.8) is 0 Å². The number of aryl methyl sites for hydroxylation is 2. The number of para-hydroxylation sites is 1. The molecule has 0 saturated carbocycles. The Morgan fingerprint density at radius 1 is 1.25 bits per heavy atom. The lowest BCUT2D eigenvalue weighted by molar-refractivity contribution is 0.249. The molecular weight excluding hydrogens is 252 g/mol. The molecule has 0 bridgehead atoms. The molecule has 0 aliphatic carbocycles. The molecule has 5 heteroatoms. The van der Waals surface area contributed by atoms with Gasteiger partial charge >= 0.3 is 6.03 Å². The average Bonchev–Trinajstić information content (AvgIpc) is 2.44. The van der Waals surface area contributed by atoms with Gasteiger partial charge in [-0.3, -0.25) is 5.41 Å². The summed E-state index contributed by atoms with van der Waals surface area (Å²) < 4.78 is 0. The van der Waals surface area contributed by atoms with E-state index < -0.39 is 0 Å². The number of nitrogens with one attached hydrogen (secondary N) is 2. The van der Waals surface area contributed by atoms with Crippen LogP contribution in [0.3, 0.4) is 0 Å². The minimum Gasteiger partial charge on any atom is -0.369 e. The third-order valence-corrected chi connectivity index (χ3v) is 3.16. The molecule has 1 aromatic rings. The van der Waals surface area contributed by atoms with Crippen LogP contribution in [0.1, 0.15) is 38.3 Å². The van der Waals surface area contributed by atoms with Crippen molar-refractivity contribution in [3.05, 3.63) is 29.3 Å². The van der Waals surface area contributed by atoms with E-state index in [9.17, 15) is 4.79 Å². The van der Waals surface area contributed by atoms with Crippen molar-refractivity contribution in [1.82, 2.24) is 5.32 Å². The van der Waals surface area contributed by atoms with E-state index >= 15 is 0 Å². The molecule has 1 aromatic carbocycles. The van der Waals surface area contributed by atoms with Gasteiger partial charge in [-0.2, -0.15) is 0 Å². The lowest BCUT2D eigenvalue weighted by Gasteiger charge is -2.26. The zero-order valence-electron chi connectivity index (χ0n) is 12.5. The van der Waals surface area contributed by atoms with E-state index in [1.54, 1.807) is 0 Å². The summed E-state index contributed by atoms with van der Waals surface area (Å²) >= 11 is 0. The van der Waals surface area contributed by atoms with Gasteiger partial charge in [0.2, 0.25) is 5.96 Å². The normalized spacial score (nSPS) is 10.2. The maximum absolute atomic E-state index is 12.3. The highest BCUT2D eigenvalue weighted by atomic mass is 16.2. The Morgan fingerprint density at radius 2 is 1.80 bits per heavy atom. The van der Waals surface area contributed by atoms with Gasteiger partial charge in [-0.15, -0.1) is 0 Å².